The molecule has 1 fully saturated rings. The lowest BCUT2D eigenvalue weighted by Crippen LogP contribution is -2.43. The van der Waals surface area contributed by atoms with Gasteiger partial charge in [-0.1, -0.05) is 6.07 Å². The fourth-order valence-corrected chi connectivity index (χ4v) is 4.20. The summed E-state index contributed by atoms with van der Waals surface area (Å²) in [6.07, 6.45) is -3.98. The van der Waals surface area contributed by atoms with Gasteiger partial charge in [-0.15, -0.1) is 0 Å². The molecule has 0 aliphatic carbocycles. The Morgan fingerprint density at radius 3 is 2.48 bits per heavy atom. The predicted octanol–water partition coefficient (Wildman–Crippen LogP) is 1.18. The fraction of sp³-hybridized carbons (Fsp3) is 0.533. The van der Waals surface area contributed by atoms with Crippen LogP contribution in [0.2, 0.25) is 0 Å². The van der Waals surface area contributed by atoms with E-state index in [4.69, 9.17) is 5.73 Å². The molecule has 1 aromatic carbocycles. The number of amides is 1. The lowest BCUT2D eigenvalue weighted by atomic mass is 9.97. The van der Waals surface area contributed by atoms with Crippen molar-refractivity contribution in [2.24, 2.45) is 11.7 Å². The standard InChI is InChI=1S/C15H20F3N3O3S/c16-15(17,18)12-2-1-3-13(10-12)25(23,24)21-8-4-11(5-9-21)14(22)20-7-6-19/h1-3,10-11H,4-9,19H2,(H,20,22). The van der Waals surface area contributed by atoms with Crippen LogP contribution in [0.5, 0.6) is 0 Å². The first-order chi connectivity index (χ1) is 11.7. The topological polar surface area (TPSA) is 92.5 Å². The van der Waals surface area contributed by atoms with Crippen molar-refractivity contribution < 1.29 is 26.4 Å². The Morgan fingerprint density at radius 2 is 1.92 bits per heavy atom. The second-order valence-corrected chi connectivity index (χ2v) is 7.72. The van der Waals surface area contributed by atoms with Crippen LogP contribution < -0.4 is 11.1 Å². The Balaban J connectivity index is 2.08. The molecule has 0 atom stereocenters. The Bertz CT molecular complexity index is 714. The summed E-state index contributed by atoms with van der Waals surface area (Å²) in [5.41, 5.74) is 4.30. The lowest BCUT2D eigenvalue weighted by molar-refractivity contribution is -0.137. The number of rotatable bonds is 5. The third kappa shape index (κ3) is 4.71. The summed E-state index contributed by atoms with van der Waals surface area (Å²) in [5, 5.41) is 2.65. The van der Waals surface area contributed by atoms with Crippen LogP contribution in [0.25, 0.3) is 0 Å². The number of alkyl halides is 3. The molecule has 140 valence electrons. The van der Waals surface area contributed by atoms with Crippen LogP contribution in [0.15, 0.2) is 29.2 Å². The Morgan fingerprint density at radius 1 is 1.28 bits per heavy atom. The molecule has 0 saturated carbocycles. The predicted molar refractivity (Wildman–Crippen MR) is 85.0 cm³/mol. The molecule has 25 heavy (non-hydrogen) atoms. The van der Waals surface area contributed by atoms with E-state index in [9.17, 15) is 26.4 Å². The summed E-state index contributed by atoms with van der Waals surface area (Å²) in [6.45, 7) is 0.828. The van der Waals surface area contributed by atoms with Crippen molar-refractivity contribution >= 4 is 15.9 Å². The van der Waals surface area contributed by atoms with Crippen molar-refractivity contribution in [1.29, 1.82) is 0 Å². The van der Waals surface area contributed by atoms with Gasteiger partial charge in [0.05, 0.1) is 10.5 Å². The second kappa shape index (κ2) is 7.71. The minimum Gasteiger partial charge on any atom is -0.355 e. The van der Waals surface area contributed by atoms with E-state index in [1.54, 1.807) is 0 Å². The van der Waals surface area contributed by atoms with E-state index in [2.05, 4.69) is 5.32 Å². The Labute approximate surface area is 144 Å². The van der Waals surface area contributed by atoms with Gasteiger partial charge < -0.3 is 11.1 Å². The normalized spacial score (nSPS) is 17.4. The molecule has 1 amide bonds. The molecule has 3 N–H and O–H groups in total. The number of piperidine rings is 1. The van der Waals surface area contributed by atoms with E-state index < -0.39 is 26.7 Å². The zero-order chi connectivity index (χ0) is 18.7. The van der Waals surface area contributed by atoms with Crippen molar-refractivity contribution in [3.05, 3.63) is 29.8 Å². The molecule has 0 bridgehead atoms. The zero-order valence-electron chi connectivity index (χ0n) is 13.4. The first-order valence-electron chi connectivity index (χ1n) is 7.81. The number of nitrogens with zero attached hydrogens (tertiary/aromatic N) is 1. The zero-order valence-corrected chi connectivity index (χ0v) is 14.2. The molecular weight excluding hydrogens is 359 g/mol. The fourth-order valence-electron chi connectivity index (χ4n) is 2.68. The van der Waals surface area contributed by atoms with E-state index in [-0.39, 0.29) is 24.9 Å². The van der Waals surface area contributed by atoms with Gasteiger partial charge in [-0.3, -0.25) is 4.79 Å². The maximum Gasteiger partial charge on any atom is 0.416 e. The molecule has 0 spiro atoms. The highest BCUT2D eigenvalue weighted by Crippen LogP contribution is 2.32. The van der Waals surface area contributed by atoms with Gasteiger partial charge >= 0.3 is 6.18 Å². The monoisotopic (exact) mass is 379 g/mol. The van der Waals surface area contributed by atoms with Crippen LogP contribution in [0.1, 0.15) is 18.4 Å². The van der Waals surface area contributed by atoms with Crippen LogP contribution in [0.4, 0.5) is 13.2 Å². The highest BCUT2D eigenvalue weighted by atomic mass is 32.2. The van der Waals surface area contributed by atoms with Gasteiger partial charge in [0.25, 0.3) is 0 Å². The summed E-state index contributed by atoms with van der Waals surface area (Å²) in [7, 11) is -4.03. The Hall–Kier alpha value is -1.65. The molecular formula is C15H20F3N3O3S. The summed E-state index contributed by atoms with van der Waals surface area (Å²) < 4.78 is 64.6. The molecule has 10 heteroatoms. The van der Waals surface area contributed by atoms with Gasteiger partial charge in [-0.2, -0.15) is 17.5 Å². The minimum atomic E-state index is -4.61. The van der Waals surface area contributed by atoms with E-state index in [1.165, 1.54) is 0 Å². The molecule has 2 rings (SSSR count). The third-order valence-corrected chi connectivity index (χ3v) is 5.96. The average molecular weight is 379 g/mol. The van der Waals surface area contributed by atoms with Gasteiger partial charge in [0, 0.05) is 32.1 Å². The van der Waals surface area contributed by atoms with Crippen molar-refractivity contribution in [3.8, 4) is 0 Å². The Kier molecular flexibility index (Phi) is 6.07. The second-order valence-electron chi connectivity index (χ2n) is 5.78. The van der Waals surface area contributed by atoms with Gasteiger partial charge in [0.15, 0.2) is 0 Å². The first-order valence-corrected chi connectivity index (χ1v) is 9.25. The van der Waals surface area contributed by atoms with E-state index >= 15 is 0 Å². The highest BCUT2D eigenvalue weighted by Gasteiger charge is 2.35. The molecule has 1 aliphatic rings. The quantitative estimate of drug-likeness (QED) is 0.804. The van der Waals surface area contributed by atoms with Gasteiger partial charge in [0.2, 0.25) is 15.9 Å². The number of halogens is 3. The number of carbonyl (C=O) groups excluding carboxylic acids is 1. The first kappa shape index (κ1) is 19.7. The SMILES string of the molecule is NCCNC(=O)C1CCN(S(=O)(=O)c2cccc(C(F)(F)F)c2)CC1. The molecule has 6 nitrogen and oxygen atoms in total. The number of nitrogens with one attached hydrogen (secondary N) is 1. The third-order valence-electron chi connectivity index (χ3n) is 4.07. The largest absolute Gasteiger partial charge is 0.416 e. The number of hydrogen-bond acceptors (Lipinski definition) is 4. The van der Waals surface area contributed by atoms with Crippen molar-refractivity contribution in [2.45, 2.75) is 23.9 Å². The molecule has 1 saturated heterocycles. The summed E-state index contributed by atoms with van der Waals surface area (Å²) in [4.78, 5) is 11.5. The van der Waals surface area contributed by atoms with E-state index in [0.29, 0.717) is 32.0 Å². The molecule has 1 aromatic rings. The molecule has 0 radical (unpaired) electrons. The average Bonchev–Trinajstić information content (AvgIpc) is 2.59. The number of hydrogen-bond donors (Lipinski definition) is 2. The number of carbonyl (C=O) groups is 1. The van der Waals surface area contributed by atoms with Crippen LogP contribution >= 0.6 is 0 Å². The van der Waals surface area contributed by atoms with E-state index in [1.807, 2.05) is 0 Å². The van der Waals surface area contributed by atoms with Crippen molar-refractivity contribution in [1.82, 2.24) is 9.62 Å². The number of sulfonamides is 1. The molecule has 1 aliphatic heterocycles. The van der Waals surface area contributed by atoms with Crippen LogP contribution in [0, 0.1) is 5.92 Å². The van der Waals surface area contributed by atoms with Gasteiger partial charge in [-0.25, -0.2) is 8.42 Å². The maximum atomic E-state index is 12.8. The minimum absolute atomic E-state index is 0.0826. The molecule has 0 unspecified atom stereocenters. The smallest absolute Gasteiger partial charge is 0.355 e. The lowest BCUT2D eigenvalue weighted by Gasteiger charge is -2.30. The van der Waals surface area contributed by atoms with Gasteiger partial charge in [0.1, 0.15) is 0 Å². The van der Waals surface area contributed by atoms with Crippen molar-refractivity contribution in [3.63, 3.8) is 0 Å². The summed E-state index contributed by atoms with van der Waals surface area (Å²) >= 11 is 0. The molecule has 1 heterocycles. The summed E-state index contributed by atoms with van der Waals surface area (Å²) in [5.74, 6) is -0.499. The van der Waals surface area contributed by atoms with Crippen LogP contribution in [-0.4, -0.2) is 44.8 Å². The van der Waals surface area contributed by atoms with Gasteiger partial charge in [-0.05, 0) is 31.0 Å². The summed E-state index contributed by atoms with van der Waals surface area (Å²) in [6, 6.07) is 3.68. The molecule has 0 aromatic heterocycles. The van der Waals surface area contributed by atoms with E-state index in [0.717, 1.165) is 22.5 Å². The van der Waals surface area contributed by atoms with Crippen molar-refractivity contribution in [2.75, 3.05) is 26.2 Å². The maximum absolute atomic E-state index is 12.8. The number of nitrogens with two attached hydrogens (primary N) is 1. The van der Waals surface area contributed by atoms with Crippen LogP contribution in [0.3, 0.4) is 0 Å². The highest BCUT2D eigenvalue weighted by molar-refractivity contribution is 7.89. The van der Waals surface area contributed by atoms with Crippen LogP contribution in [-0.2, 0) is 21.0 Å². The number of benzene rings is 1.